The molecule has 0 aromatic rings. The highest BCUT2D eigenvalue weighted by molar-refractivity contribution is 5.93. The van der Waals surface area contributed by atoms with Crippen molar-refractivity contribution in [3.05, 3.63) is 22.8 Å². The second-order valence-electron chi connectivity index (χ2n) is 7.94. The van der Waals surface area contributed by atoms with E-state index < -0.39 is 5.60 Å². The summed E-state index contributed by atoms with van der Waals surface area (Å²) in [5.41, 5.74) is 3.39. The van der Waals surface area contributed by atoms with Crippen LogP contribution in [0, 0.1) is 29.6 Å². The topological polar surface area (TPSA) is 37.3 Å². The van der Waals surface area contributed by atoms with Crippen molar-refractivity contribution < 1.29 is 9.90 Å². The van der Waals surface area contributed by atoms with Crippen LogP contribution in [0.15, 0.2) is 22.8 Å². The molecule has 2 saturated carbocycles. The SMILES string of the molecule is C#C[C@]1(O)CCC2C3CCC4=CC(=O)CCC4=C3CCC21CC. The predicted molar refractivity (Wildman–Crippen MR) is 90.5 cm³/mol. The minimum Gasteiger partial charge on any atom is -0.377 e. The lowest BCUT2D eigenvalue weighted by Gasteiger charge is -2.52. The molecule has 122 valence electrons. The summed E-state index contributed by atoms with van der Waals surface area (Å²) < 4.78 is 0. The average Bonchev–Trinajstić information content (AvgIpc) is 2.88. The monoisotopic (exact) mass is 310 g/mol. The van der Waals surface area contributed by atoms with E-state index in [2.05, 4.69) is 12.8 Å². The Labute approximate surface area is 139 Å². The molecule has 0 radical (unpaired) electrons. The van der Waals surface area contributed by atoms with Gasteiger partial charge in [-0.25, -0.2) is 0 Å². The molecule has 0 amide bonds. The number of carbonyl (C=O) groups excluding carboxylic acids is 1. The van der Waals surface area contributed by atoms with Gasteiger partial charge in [0.05, 0.1) is 0 Å². The Bertz CT molecular complexity index is 662. The molecule has 3 unspecified atom stereocenters. The second kappa shape index (κ2) is 5.08. The second-order valence-corrected chi connectivity index (χ2v) is 7.94. The molecular weight excluding hydrogens is 284 g/mol. The van der Waals surface area contributed by atoms with E-state index in [1.807, 2.05) is 6.08 Å². The number of aliphatic hydroxyl groups is 1. The van der Waals surface area contributed by atoms with Crippen LogP contribution in [0.5, 0.6) is 0 Å². The van der Waals surface area contributed by atoms with E-state index in [9.17, 15) is 9.90 Å². The number of rotatable bonds is 1. The van der Waals surface area contributed by atoms with Crippen LogP contribution in [0.1, 0.15) is 64.7 Å². The van der Waals surface area contributed by atoms with Gasteiger partial charge in [0.15, 0.2) is 5.78 Å². The summed E-state index contributed by atoms with van der Waals surface area (Å²) in [5.74, 6) is 4.16. The number of hydrogen-bond donors (Lipinski definition) is 1. The van der Waals surface area contributed by atoms with Gasteiger partial charge in [-0.15, -0.1) is 6.42 Å². The fourth-order valence-electron chi connectivity index (χ4n) is 6.32. The highest BCUT2D eigenvalue weighted by Gasteiger charge is 2.61. The quantitative estimate of drug-likeness (QED) is 0.745. The van der Waals surface area contributed by atoms with Crippen molar-refractivity contribution in [1.82, 2.24) is 0 Å². The van der Waals surface area contributed by atoms with Crippen LogP contribution in [-0.4, -0.2) is 16.5 Å². The van der Waals surface area contributed by atoms with Gasteiger partial charge < -0.3 is 5.11 Å². The first-order valence-corrected chi connectivity index (χ1v) is 9.20. The van der Waals surface area contributed by atoms with Crippen molar-refractivity contribution in [3.63, 3.8) is 0 Å². The molecule has 0 aromatic heterocycles. The lowest BCUT2D eigenvalue weighted by molar-refractivity contribution is -0.114. The molecule has 4 atom stereocenters. The molecule has 0 bridgehead atoms. The molecule has 2 fully saturated rings. The number of hydrogen-bond acceptors (Lipinski definition) is 2. The van der Waals surface area contributed by atoms with Crippen LogP contribution in [0.4, 0.5) is 0 Å². The van der Waals surface area contributed by atoms with Gasteiger partial charge in [0.1, 0.15) is 5.60 Å². The average molecular weight is 310 g/mol. The third-order valence-electron chi connectivity index (χ3n) is 7.45. The van der Waals surface area contributed by atoms with Gasteiger partial charge in [0.25, 0.3) is 0 Å². The van der Waals surface area contributed by atoms with Crippen LogP contribution < -0.4 is 0 Å². The normalized spacial score (nSPS) is 42.5. The molecular formula is C21H26O2. The molecule has 1 N–H and O–H groups in total. The third-order valence-corrected chi connectivity index (χ3v) is 7.45. The fraction of sp³-hybridized carbons (Fsp3) is 0.667. The maximum atomic E-state index is 11.7. The van der Waals surface area contributed by atoms with E-state index in [0.29, 0.717) is 24.0 Å². The summed E-state index contributed by atoms with van der Waals surface area (Å²) in [4.78, 5) is 11.7. The molecule has 2 heteroatoms. The van der Waals surface area contributed by atoms with Crippen molar-refractivity contribution >= 4 is 5.78 Å². The minimum absolute atomic E-state index is 0.0951. The number of ketones is 1. The van der Waals surface area contributed by atoms with Crippen molar-refractivity contribution in [3.8, 4) is 12.3 Å². The summed E-state index contributed by atoms with van der Waals surface area (Å²) in [7, 11) is 0. The first-order chi connectivity index (χ1) is 11.0. The predicted octanol–water partition coefficient (Wildman–Crippen LogP) is 3.95. The number of fused-ring (bicyclic) bond motifs is 4. The number of terminal acetylenes is 1. The summed E-state index contributed by atoms with van der Waals surface area (Å²) >= 11 is 0. The maximum absolute atomic E-state index is 11.7. The molecule has 4 aliphatic carbocycles. The molecule has 0 heterocycles. The number of allylic oxidation sites excluding steroid dienone is 4. The van der Waals surface area contributed by atoms with Crippen LogP contribution in [0.25, 0.3) is 0 Å². The Balaban J connectivity index is 1.77. The van der Waals surface area contributed by atoms with Gasteiger partial charge in [-0.1, -0.05) is 18.4 Å². The van der Waals surface area contributed by atoms with Gasteiger partial charge in [-0.05, 0) is 80.4 Å². The van der Waals surface area contributed by atoms with Crippen LogP contribution in [0.2, 0.25) is 0 Å². The van der Waals surface area contributed by atoms with Gasteiger partial charge in [0.2, 0.25) is 0 Å². The highest BCUT2D eigenvalue weighted by atomic mass is 16.3. The lowest BCUT2D eigenvalue weighted by atomic mass is 9.53. The minimum atomic E-state index is -0.915. The van der Waals surface area contributed by atoms with Gasteiger partial charge in [-0.2, -0.15) is 0 Å². The molecule has 23 heavy (non-hydrogen) atoms. The summed E-state index contributed by atoms with van der Waals surface area (Å²) in [6.07, 6.45) is 16.3. The van der Waals surface area contributed by atoms with Crippen molar-refractivity contribution in [2.45, 2.75) is 70.3 Å². The molecule has 0 aromatic carbocycles. The Morgan fingerprint density at radius 1 is 1.26 bits per heavy atom. The highest BCUT2D eigenvalue weighted by Crippen LogP contribution is 2.64. The van der Waals surface area contributed by atoms with E-state index >= 15 is 0 Å². The standard InChI is InChI=1S/C21H26O2/c1-3-20-11-9-17-16-8-6-15(22)13-14(16)5-7-18(17)19(20)10-12-21(20,23)4-2/h2,13,18-19,23H,3,5-12H2,1H3/t18?,19?,20?,21-/m0/s1. The first kappa shape index (κ1) is 15.2. The Kier molecular flexibility index (Phi) is 3.36. The van der Waals surface area contributed by atoms with Crippen LogP contribution in [0.3, 0.4) is 0 Å². The summed E-state index contributed by atoms with van der Waals surface area (Å²) in [5, 5.41) is 11.1. The summed E-state index contributed by atoms with van der Waals surface area (Å²) in [6.45, 7) is 2.20. The van der Waals surface area contributed by atoms with Crippen molar-refractivity contribution in [2.75, 3.05) is 0 Å². The fourth-order valence-corrected chi connectivity index (χ4v) is 6.32. The number of carbonyl (C=O) groups is 1. The van der Waals surface area contributed by atoms with Gasteiger partial charge in [-0.3, -0.25) is 4.79 Å². The third kappa shape index (κ3) is 1.89. The zero-order chi connectivity index (χ0) is 16.2. The lowest BCUT2D eigenvalue weighted by Crippen LogP contribution is -2.50. The van der Waals surface area contributed by atoms with E-state index in [1.54, 1.807) is 5.57 Å². The van der Waals surface area contributed by atoms with E-state index in [1.165, 1.54) is 11.1 Å². The Morgan fingerprint density at radius 3 is 2.83 bits per heavy atom. The van der Waals surface area contributed by atoms with Crippen LogP contribution >= 0.6 is 0 Å². The molecule has 4 rings (SSSR count). The smallest absolute Gasteiger partial charge is 0.156 e. The summed E-state index contributed by atoms with van der Waals surface area (Å²) in [6, 6.07) is 0. The first-order valence-electron chi connectivity index (χ1n) is 9.20. The molecule has 0 spiro atoms. The van der Waals surface area contributed by atoms with Gasteiger partial charge in [0, 0.05) is 11.8 Å². The molecule has 0 aliphatic heterocycles. The van der Waals surface area contributed by atoms with E-state index in [4.69, 9.17) is 6.42 Å². The van der Waals surface area contributed by atoms with E-state index in [-0.39, 0.29) is 5.41 Å². The zero-order valence-corrected chi connectivity index (χ0v) is 14.0. The molecule has 0 saturated heterocycles. The van der Waals surface area contributed by atoms with Crippen molar-refractivity contribution in [1.29, 1.82) is 0 Å². The zero-order valence-electron chi connectivity index (χ0n) is 14.0. The van der Waals surface area contributed by atoms with Crippen molar-refractivity contribution in [2.24, 2.45) is 17.3 Å². The van der Waals surface area contributed by atoms with Crippen LogP contribution in [-0.2, 0) is 4.79 Å². The Hall–Kier alpha value is -1.33. The van der Waals surface area contributed by atoms with E-state index in [0.717, 1.165) is 51.4 Å². The largest absolute Gasteiger partial charge is 0.377 e. The molecule has 2 nitrogen and oxygen atoms in total. The maximum Gasteiger partial charge on any atom is 0.156 e. The molecule has 4 aliphatic rings. The van der Waals surface area contributed by atoms with Gasteiger partial charge >= 0.3 is 0 Å². The Morgan fingerprint density at radius 2 is 2.09 bits per heavy atom.